The normalized spacial score (nSPS) is 11.7. The Kier molecular flexibility index (Phi) is 6.92. The zero-order chi connectivity index (χ0) is 10.6. The van der Waals surface area contributed by atoms with Gasteiger partial charge >= 0.3 is 0 Å². The van der Waals surface area contributed by atoms with Crippen LogP contribution in [0, 0.1) is 0 Å². The molecular weight excluding hydrogens is 255 g/mol. The van der Waals surface area contributed by atoms with Crippen LogP contribution in [0.2, 0.25) is 4.34 Å². The highest BCUT2D eigenvalue weighted by molar-refractivity contribution is 7.16. The van der Waals surface area contributed by atoms with Crippen LogP contribution in [0.4, 0.5) is 0 Å². The van der Waals surface area contributed by atoms with E-state index in [4.69, 9.17) is 17.3 Å². The molecule has 0 bridgehead atoms. The minimum Gasteiger partial charge on any atom is -0.351 e. The lowest BCUT2D eigenvalue weighted by Crippen LogP contribution is -2.29. The topological polar surface area (TPSA) is 55.1 Å². The molecule has 0 spiro atoms. The molecule has 1 rings (SSSR count). The SMILES string of the molecule is CC(N)CC(=O)NCc1ccc(Cl)s1.Cl. The van der Waals surface area contributed by atoms with Crippen molar-refractivity contribution in [3.05, 3.63) is 21.3 Å². The van der Waals surface area contributed by atoms with Gasteiger partial charge in [-0.1, -0.05) is 11.6 Å². The summed E-state index contributed by atoms with van der Waals surface area (Å²) in [5.41, 5.74) is 5.49. The maximum atomic E-state index is 11.2. The molecule has 0 aromatic carbocycles. The summed E-state index contributed by atoms with van der Waals surface area (Å²) in [5, 5.41) is 2.78. The van der Waals surface area contributed by atoms with Gasteiger partial charge < -0.3 is 11.1 Å². The zero-order valence-corrected chi connectivity index (χ0v) is 10.7. The number of rotatable bonds is 4. The average Bonchev–Trinajstić information content (AvgIpc) is 2.47. The third-order valence-electron chi connectivity index (χ3n) is 1.60. The highest BCUT2D eigenvalue weighted by Gasteiger charge is 2.05. The van der Waals surface area contributed by atoms with Gasteiger partial charge in [-0.3, -0.25) is 4.79 Å². The molecule has 15 heavy (non-hydrogen) atoms. The van der Waals surface area contributed by atoms with Gasteiger partial charge in [0, 0.05) is 17.3 Å². The first-order chi connectivity index (χ1) is 6.58. The molecule has 1 amide bonds. The van der Waals surface area contributed by atoms with Crippen LogP contribution < -0.4 is 11.1 Å². The number of carbonyl (C=O) groups excluding carboxylic acids is 1. The molecule has 1 aromatic rings. The van der Waals surface area contributed by atoms with Crippen LogP contribution in [0.1, 0.15) is 18.2 Å². The van der Waals surface area contributed by atoms with E-state index >= 15 is 0 Å². The Labute approximate surface area is 104 Å². The summed E-state index contributed by atoms with van der Waals surface area (Å²) in [7, 11) is 0. The molecule has 86 valence electrons. The Morgan fingerprint density at radius 1 is 1.67 bits per heavy atom. The fourth-order valence-corrected chi connectivity index (χ4v) is 2.02. The maximum Gasteiger partial charge on any atom is 0.221 e. The molecule has 0 saturated heterocycles. The lowest BCUT2D eigenvalue weighted by Gasteiger charge is -2.05. The first-order valence-corrected chi connectivity index (χ1v) is 5.54. The summed E-state index contributed by atoms with van der Waals surface area (Å²) < 4.78 is 0.737. The van der Waals surface area contributed by atoms with Gasteiger partial charge in [0.05, 0.1) is 10.9 Å². The summed E-state index contributed by atoms with van der Waals surface area (Å²) >= 11 is 7.21. The number of nitrogens with one attached hydrogen (secondary N) is 1. The highest BCUT2D eigenvalue weighted by atomic mass is 35.5. The van der Waals surface area contributed by atoms with Gasteiger partial charge in [-0.05, 0) is 19.1 Å². The molecule has 0 aliphatic heterocycles. The van der Waals surface area contributed by atoms with E-state index in [0.29, 0.717) is 13.0 Å². The second-order valence-corrected chi connectivity index (χ2v) is 4.96. The van der Waals surface area contributed by atoms with Crippen LogP contribution in [-0.4, -0.2) is 11.9 Å². The van der Waals surface area contributed by atoms with Gasteiger partial charge in [0.25, 0.3) is 0 Å². The number of hydrogen-bond donors (Lipinski definition) is 2. The Bertz CT molecular complexity index is 315. The third kappa shape index (κ3) is 5.99. The first-order valence-electron chi connectivity index (χ1n) is 4.34. The van der Waals surface area contributed by atoms with Crippen LogP contribution in [-0.2, 0) is 11.3 Å². The zero-order valence-electron chi connectivity index (χ0n) is 8.33. The summed E-state index contributed by atoms with van der Waals surface area (Å²) in [6, 6.07) is 3.63. The fourth-order valence-electron chi connectivity index (χ4n) is 0.997. The molecule has 0 saturated carbocycles. The predicted octanol–water partition coefficient (Wildman–Crippen LogP) is 2.18. The lowest BCUT2D eigenvalue weighted by atomic mass is 10.2. The molecular formula is C9H14Cl2N2OS. The number of halogens is 2. The fraction of sp³-hybridized carbons (Fsp3) is 0.444. The second-order valence-electron chi connectivity index (χ2n) is 3.16. The van der Waals surface area contributed by atoms with Gasteiger partial charge in [-0.25, -0.2) is 0 Å². The molecule has 3 nitrogen and oxygen atoms in total. The Morgan fingerprint density at radius 2 is 2.33 bits per heavy atom. The number of nitrogens with two attached hydrogens (primary N) is 1. The Balaban J connectivity index is 0.00000196. The third-order valence-corrected chi connectivity index (χ3v) is 2.83. The molecule has 6 heteroatoms. The van der Waals surface area contributed by atoms with Crippen molar-refractivity contribution < 1.29 is 4.79 Å². The van der Waals surface area contributed by atoms with Crippen molar-refractivity contribution in [2.75, 3.05) is 0 Å². The van der Waals surface area contributed by atoms with Gasteiger partial charge in [0.15, 0.2) is 0 Å². The van der Waals surface area contributed by atoms with E-state index in [1.807, 2.05) is 19.1 Å². The summed E-state index contributed by atoms with van der Waals surface area (Å²) in [5.74, 6) is -0.0236. The second kappa shape index (κ2) is 7.06. The molecule has 1 unspecified atom stereocenters. The smallest absolute Gasteiger partial charge is 0.221 e. The van der Waals surface area contributed by atoms with Crippen molar-refractivity contribution >= 4 is 41.3 Å². The van der Waals surface area contributed by atoms with Gasteiger partial charge in [0.2, 0.25) is 5.91 Å². The van der Waals surface area contributed by atoms with Crippen molar-refractivity contribution in [3.63, 3.8) is 0 Å². The molecule has 1 aromatic heterocycles. The molecule has 1 atom stereocenters. The molecule has 3 N–H and O–H groups in total. The van der Waals surface area contributed by atoms with Crippen LogP contribution in [0.15, 0.2) is 12.1 Å². The maximum absolute atomic E-state index is 11.2. The van der Waals surface area contributed by atoms with E-state index in [1.165, 1.54) is 11.3 Å². The van der Waals surface area contributed by atoms with Gasteiger partial charge in [-0.2, -0.15) is 0 Å². The molecule has 0 radical (unpaired) electrons. The van der Waals surface area contributed by atoms with E-state index in [-0.39, 0.29) is 24.4 Å². The molecule has 0 fully saturated rings. The van der Waals surface area contributed by atoms with Crippen molar-refractivity contribution in [1.29, 1.82) is 0 Å². The summed E-state index contributed by atoms with van der Waals surface area (Å²) in [4.78, 5) is 12.3. The first kappa shape index (κ1) is 14.7. The Hall–Kier alpha value is -0.290. The van der Waals surface area contributed by atoms with E-state index in [0.717, 1.165) is 9.21 Å². The Morgan fingerprint density at radius 3 is 2.80 bits per heavy atom. The van der Waals surface area contributed by atoms with Gasteiger partial charge in [-0.15, -0.1) is 23.7 Å². The van der Waals surface area contributed by atoms with Crippen molar-refractivity contribution in [2.45, 2.75) is 25.9 Å². The van der Waals surface area contributed by atoms with Crippen LogP contribution >= 0.6 is 35.3 Å². The van der Waals surface area contributed by atoms with E-state index in [1.54, 1.807) is 0 Å². The van der Waals surface area contributed by atoms with Crippen molar-refractivity contribution in [1.82, 2.24) is 5.32 Å². The summed E-state index contributed by atoms with van der Waals surface area (Å²) in [6.45, 7) is 2.34. The van der Waals surface area contributed by atoms with Crippen molar-refractivity contribution in [3.8, 4) is 0 Å². The van der Waals surface area contributed by atoms with E-state index in [2.05, 4.69) is 5.32 Å². The van der Waals surface area contributed by atoms with Crippen LogP contribution in [0.3, 0.4) is 0 Å². The standard InChI is InChI=1S/C9H13ClN2OS.ClH/c1-6(11)4-9(13)12-5-7-2-3-8(10)14-7;/h2-3,6H,4-5,11H2,1H3,(H,12,13);1H. The quantitative estimate of drug-likeness (QED) is 0.880. The average molecular weight is 269 g/mol. The number of hydrogen-bond acceptors (Lipinski definition) is 3. The van der Waals surface area contributed by atoms with Gasteiger partial charge in [0.1, 0.15) is 0 Å². The van der Waals surface area contributed by atoms with E-state index in [9.17, 15) is 4.79 Å². The molecule has 0 aliphatic carbocycles. The molecule has 1 heterocycles. The molecule has 0 aliphatic rings. The monoisotopic (exact) mass is 268 g/mol. The largest absolute Gasteiger partial charge is 0.351 e. The minimum absolute atomic E-state index is 0. The van der Waals surface area contributed by atoms with Crippen LogP contribution in [0.5, 0.6) is 0 Å². The lowest BCUT2D eigenvalue weighted by molar-refractivity contribution is -0.121. The predicted molar refractivity (Wildman–Crippen MR) is 66.7 cm³/mol. The summed E-state index contributed by atoms with van der Waals surface area (Å²) in [6.07, 6.45) is 0.360. The van der Waals surface area contributed by atoms with Crippen molar-refractivity contribution in [2.24, 2.45) is 5.73 Å². The highest BCUT2D eigenvalue weighted by Crippen LogP contribution is 2.20. The number of thiophene rings is 1. The van der Waals surface area contributed by atoms with Crippen LogP contribution in [0.25, 0.3) is 0 Å². The minimum atomic E-state index is -0.0954. The van der Waals surface area contributed by atoms with E-state index < -0.39 is 0 Å². The number of amides is 1. The number of carbonyl (C=O) groups is 1.